The van der Waals surface area contributed by atoms with E-state index in [9.17, 15) is 9.59 Å². The number of hydrogen-bond donors (Lipinski definition) is 2. The van der Waals surface area contributed by atoms with Crippen molar-refractivity contribution in [2.24, 2.45) is 0 Å². The van der Waals surface area contributed by atoms with Gasteiger partial charge in [-0.2, -0.15) is 0 Å². The molecule has 0 aliphatic carbocycles. The monoisotopic (exact) mass is 349 g/mol. The van der Waals surface area contributed by atoms with E-state index in [-0.39, 0.29) is 12.0 Å². The quantitative estimate of drug-likeness (QED) is 0.695. The van der Waals surface area contributed by atoms with Gasteiger partial charge in [-0.25, -0.2) is 9.59 Å². The molecule has 0 spiro atoms. The molecule has 0 saturated heterocycles. The molecule has 6 nitrogen and oxygen atoms in total. The van der Waals surface area contributed by atoms with E-state index in [0.29, 0.717) is 25.1 Å². The fourth-order valence-electron chi connectivity index (χ4n) is 3.42. The van der Waals surface area contributed by atoms with Crippen LogP contribution in [0.2, 0.25) is 0 Å². The number of aromatic nitrogens is 1. The van der Waals surface area contributed by atoms with Gasteiger partial charge in [0.1, 0.15) is 0 Å². The van der Waals surface area contributed by atoms with Crippen LogP contribution >= 0.6 is 0 Å². The molecular weight excluding hydrogens is 330 g/mol. The van der Waals surface area contributed by atoms with Crippen molar-refractivity contribution in [1.82, 2.24) is 9.88 Å². The number of hydrogen-bond acceptors (Lipinski definition) is 3. The lowest BCUT2D eigenvalue weighted by Gasteiger charge is -2.30. The second kappa shape index (κ2) is 6.55. The number of anilines is 1. The van der Waals surface area contributed by atoms with E-state index in [4.69, 9.17) is 4.74 Å². The highest BCUT2D eigenvalue weighted by Crippen LogP contribution is 2.26. The molecule has 0 radical (unpaired) electrons. The second-order valence-corrected chi connectivity index (χ2v) is 6.28. The normalized spacial score (nSPS) is 13.3. The van der Waals surface area contributed by atoms with E-state index >= 15 is 0 Å². The van der Waals surface area contributed by atoms with Crippen molar-refractivity contribution < 1.29 is 14.3 Å². The molecule has 1 aliphatic rings. The van der Waals surface area contributed by atoms with Crippen LogP contribution in [0.3, 0.4) is 0 Å². The van der Waals surface area contributed by atoms with Crippen LogP contribution < -0.4 is 5.32 Å². The summed E-state index contributed by atoms with van der Waals surface area (Å²) in [5, 5.41) is 3.93. The zero-order chi connectivity index (χ0) is 18.1. The van der Waals surface area contributed by atoms with Crippen LogP contribution in [-0.2, 0) is 17.7 Å². The Kier molecular flexibility index (Phi) is 4.08. The molecule has 1 aromatic heterocycles. The SMILES string of the molecule is COC(=O)c1cccc2c1CN(C(=O)Nc1c[nH]c3ccccc13)CC2. The number of H-pyrrole nitrogens is 1. The third-order valence-electron chi connectivity index (χ3n) is 4.80. The minimum atomic E-state index is -0.374. The summed E-state index contributed by atoms with van der Waals surface area (Å²) in [7, 11) is 1.37. The number of carbonyl (C=O) groups is 2. The number of amides is 2. The van der Waals surface area contributed by atoms with E-state index in [0.717, 1.165) is 27.7 Å². The molecule has 132 valence electrons. The van der Waals surface area contributed by atoms with Crippen LogP contribution in [0.4, 0.5) is 10.5 Å². The molecule has 0 saturated carbocycles. The van der Waals surface area contributed by atoms with Crippen LogP contribution in [0.1, 0.15) is 21.5 Å². The Hall–Kier alpha value is -3.28. The first-order valence-corrected chi connectivity index (χ1v) is 8.48. The van der Waals surface area contributed by atoms with Crippen LogP contribution in [-0.4, -0.2) is 35.5 Å². The maximum absolute atomic E-state index is 12.8. The average Bonchev–Trinajstić information content (AvgIpc) is 3.09. The van der Waals surface area contributed by atoms with Gasteiger partial charge in [0.05, 0.1) is 18.4 Å². The van der Waals surface area contributed by atoms with Gasteiger partial charge in [0, 0.05) is 30.2 Å². The third kappa shape index (κ3) is 2.79. The number of rotatable bonds is 2. The van der Waals surface area contributed by atoms with Crippen molar-refractivity contribution in [2.45, 2.75) is 13.0 Å². The first-order valence-electron chi connectivity index (χ1n) is 8.48. The van der Waals surface area contributed by atoms with Gasteiger partial charge in [0.25, 0.3) is 0 Å². The molecule has 0 bridgehead atoms. The van der Waals surface area contributed by atoms with E-state index in [1.807, 2.05) is 36.4 Å². The Balaban J connectivity index is 1.57. The number of fused-ring (bicyclic) bond motifs is 2. The topological polar surface area (TPSA) is 74.4 Å². The lowest BCUT2D eigenvalue weighted by Crippen LogP contribution is -2.39. The summed E-state index contributed by atoms with van der Waals surface area (Å²) in [4.78, 5) is 29.6. The summed E-state index contributed by atoms with van der Waals surface area (Å²) in [5.74, 6) is -0.374. The zero-order valence-electron chi connectivity index (χ0n) is 14.4. The van der Waals surface area contributed by atoms with Gasteiger partial charge in [0.15, 0.2) is 0 Å². The number of nitrogens with zero attached hydrogens (tertiary/aromatic N) is 1. The fraction of sp³-hybridized carbons (Fsp3) is 0.200. The lowest BCUT2D eigenvalue weighted by atomic mass is 9.95. The van der Waals surface area contributed by atoms with Gasteiger partial charge < -0.3 is 19.9 Å². The summed E-state index contributed by atoms with van der Waals surface area (Å²) in [6.07, 6.45) is 2.50. The van der Waals surface area contributed by atoms with Gasteiger partial charge in [-0.05, 0) is 29.7 Å². The number of aromatic amines is 1. The molecule has 0 fully saturated rings. The maximum atomic E-state index is 12.8. The van der Waals surface area contributed by atoms with Gasteiger partial charge in [-0.3, -0.25) is 0 Å². The molecule has 1 aliphatic heterocycles. The van der Waals surface area contributed by atoms with Crippen molar-refractivity contribution >= 4 is 28.6 Å². The summed E-state index contributed by atoms with van der Waals surface area (Å²) < 4.78 is 4.87. The summed E-state index contributed by atoms with van der Waals surface area (Å²) in [6, 6.07) is 13.2. The van der Waals surface area contributed by atoms with Crippen LogP contribution in [0.5, 0.6) is 0 Å². The fourth-order valence-corrected chi connectivity index (χ4v) is 3.42. The van der Waals surface area contributed by atoms with Gasteiger partial charge in [0.2, 0.25) is 0 Å². The van der Waals surface area contributed by atoms with Crippen molar-refractivity contribution in [2.75, 3.05) is 19.0 Å². The van der Waals surface area contributed by atoms with Crippen molar-refractivity contribution in [1.29, 1.82) is 0 Å². The number of benzene rings is 2. The zero-order valence-corrected chi connectivity index (χ0v) is 14.4. The standard InChI is InChI=1S/C20H19N3O3/c1-26-19(24)14-7-4-5-13-9-10-23(12-16(13)14)20(25)22-18-11-21-17-8-3-2-6-15(17)18/h2-8,11,21H,9-10,12H2,1H3,(H,22,25). The summed E-state index contributed by atoms with van der Waals surface area (Å²) >= 11 is 0. The molecule has 6 heteroatoms. The number of urea groups is 1. The number of nitrogens with one attached hydrogen (secondary N) is 2. The number of para-hydroxylation sites is 1. The largest absolute Gasteiger partial charge is 0.465 e. The highest BCUT2D eigenvalue weighted by molar-refractivity contribution is 6.01. The van der Waals surface area contributed by atoms with E-state index in [2.05, 4.69) is 10.3 Å². The van der Waals surface area contributed by atoms with Gasteiger partial charge >= 0.3 is 12.0 Å². The third-order valence-corrected chi connectivity index (χ3v) is 4.80. The molecule has 2 amide bonds. The Morgan fingerprint density at radius 3 is 2.85 bits per heavy atom. The average molecular weight is 349 g/mol. The van der Waals surface area contributed by atoms with Crippen molar-refractivity contribution in [3.63, 3.8) is 0 Å². The molecule has 2 heterocycles. The number of methoxy groups -OCH3 is 1. The van der Waals surface area contributed by atoms with Crippen LogP contribution in [0.15, 0.2) is 48.7 Å². The second-order valence-electron chi connectivity index (χ2n) is 6.28. The summed E-state index contributed by atoms with van der Waals surface area (Å²) in [6.45, 7) is 0.987. The molecular formula is C20H19N3O3. The van der Waals surface area contributed by atoms with E-state index < -0.39 is 0 Å². The molecule has 4 rings (SSSR count). The Morgan fingerprint density at radius 2 is 2.00 bits per heavy atom. The molecule has 0 atom stereocenters. The van der Waals surface area contributed by atoms with E-state index in [1.165, 1.54) is 7.11 Å². The maximum Gasteiger partial charge on any atom is 0.338 e. The first-order chi connectivity index (χ1) is 12.7. The van der Waals surface area contributed by atoms with Gasteiger partial charge in [-0.15, -0.1) is 0 Å². The van der Waals surface area contributed by atoms with Gasteiger partial charge in [-0.1, -0.05) is 30.3 Å². The van der Waals surface area contributed by atoms with Crippen molar-refractivity contribution in [3.05, 3.63) is 65.4 Å². The lowest BCUT2D eigenvalue weighted by molar-refractivity contribution is 0.0597. The number of ether oxygens (including phenoxy) is 1. The van der Waals surface area contributed by atoms with E-state index in [1.54, 1.807) is 17.2 Å². The number of esters is 1. The molecule has 26 heavy (non-hydrogen) atoms. The van der Waals surface area contributed by atoms with Crippen LogP contribution in [0.25, 0.3) is 10.9 Å². The predicted molar refractivity (Wildman–Crippen MR) is 99.2 cm³/mol. The minimum absolute atomic E-state index is 0.180. The highest BCUT2D eigenvalue weighted by Gasteiger charge is 2.25. The molecule has 2 aromatic carbocycles. The highest BCUT2D eigenvalue weighted by atomic mass is 16.5. The minimum Gasteiger partial charge on any atom is -0.465 e. The number of carbonyl (C=O) groups excluding carboxylic acids is 2. The first kappa shape index (κ1) is 16.2. The molecule has 0 unspecified atom stereocenters. The molecule has 2 N–H and O–H groups in total. The molecule has 3 aromatic rings. The Labute approximate surface area is 150 Å². The Morgan fingerprint density at radius 1 is 1.15 bits per heavy atom. The predicted octanol–water partition coefficient (Wildman–Crippen LogP) is 3.54. The smallest absolute Gasteiger partial charge is 0.338 e. The van der Waals surface area contributed by atoms with Crippen molar-refractivity contribution in [3.8, 4) is 0 Å². The summed E-state index contributed by atoms with van der Waals surface area (Å²) in [5.41, 5.74) is 4.19. The van der Waals surface area contributed by atoms with Crippen LogP contribution in [0, 0.1) is 0 Å². The Bertz CT molecular complexity index is 993.